The van der Waals surface area contributed by atoms with Gasteiger partial charge in [-0.1, -0.05) is 23.7 Å². The Balaban J connectivity index is 1.64. The van der Waals surface area contributed by atoms with Gasteiger partial charge < -0.3 is 14.8 Å². The van der Waals surface area contributed by atoms with E-state index in [1.54, 1.807) is 55.6 Å². The van der Waals surface area contributed by atoms with Crippen LogP contribution in [0.15, 0.2) is 48.5 Å². The summed E-state index contributed by atoms with van der Waals surface area (Å²) in [5.74, 6) is 1.16. The Hall–Kier alpha value is -2.53. The fourth-order valence-electron chi connectivity index (χ4n) is 2.15. The van der Waals surface area contributed by atoms with Gasteiger partial charge in [-0.05, 0) is 36.4 Å². The standard InChI is InChI=1S/C19H20ClNO4/c1-24-16-5-7-17(8-6-16)25-12-11-21-19(23)10-9-18(22)14-3-2-4-15(20)13-14/h2-8,13H,9-12H2,1H3,(H,21,23). The summed E-state index contributed by atoms with van der Waals surface area (Å²) in [6.07, 6.45) is 0.277. The molecule has 25 heavy (non-hydrogen) atoms. The number of nitrogens with one attached hydrogen (secondary N) is 1. The summed E-state index contributed by atoms with van der Waals surface area (Å²) < 4.78 is 10.6. The van der Waals surface area contributed by atoms with E-state index in [0.29, 0.717) is 29.5 Å². The number of Topliss-reactive ketones (excluding diaryl/α,β-unsaturated/α-hetero) is 1. The van der Waals surface area contributed by atoms with Gasteiger partial charge in [0, 0.05) is 23.4 Å². The minimum atomic E-state index is -0.186. The molecule has 0 radical (unpaired) electrons. The molecule has 0 fully saturated rings. The lowest BCUT2D eigenvalue weighted by atomic mass is 10.1. The van der Waals surface area contributed by atoms with Gasteiger partial charge in [-0.15, -0.1) is 0 Å². The fourth-order valence-corrected chi connectivity index (χ4v) is 2.34. The number of hydrogen-bond donors (Lipinski definition) is 1. The molecule has 0 unspecified atom stereocenters. The molecule has 0 aromatic heterocycles. The summed E-state index contributed by atoms with van der Waals surface area (Å²) in [5.41, 5.74) is 0.517. The Kier molecular flexibility index (Phi) is 7.29. The van der Waals surface area contributed by atoms with E-state index in [0.717, 1.165) is 5.75 Å². The monoisotopic (exact) mass is 361 g/mol. The summed E-state index contributed by atoms with van der Waals surface area (Å²) >= 11 is 5.85. The first-order chi connectivity index (χ1) is 12.1. The van der Waals surface area contributed by atoms with Crippen LogP contribution in [0.1, 0.15) is 23.2 Å². The van der Waals surface area contributed by atoms with Crippen molar-refractivity contribution in [2.24, 2.45) is 0 Å². The number of ketones is 1. The molecule has 6 heteroatoms. The van der Waals surface area contributed by atoms with E-state index in [2.05, 4.69) is 5.32 Å². The van der Waals surface area contributed by atoms with Gasteiger partial charge in [-0.25, -0.2) is 0 Å². The fraction of sp³-hybridized carbons (Fsp3) is 0.263. The molecule has 1 amide bonds. The minimum Gasteiger partial charge on any atom is -0.497 e. The van der Waals surface area contributed by atoms with E-state index in [1.165, 1.54) is 0 Å². The van der Waals surface area contributed by atoms with Crippen molar-refractivity contribution in [1.29, 1.82) is 0 Å². The highest BCUT2D eigenvalue weighted by atomic mass is 35.5. The first-order valence-corrected chi connectivity index (χ1v) is 8.28. The van der Waals surface area contributed by atoms with Crippen LogP contribution < -0.4 is 14.8 Å². The van der Waals surface area contributed by atoms with E-state index in [4.69, 9.17) is 21.1 Å². The van der Waals surface area contributed by atoms with Crippen molar-refractivity contribution < 1.29 is 19.1 Å². The van der Waals surface area contributed by atoms with Crippen LogP contribution in [0.4, 0.5) is 0 Å². The summed E-state index contributed by atoms with van der Waals surface area (Å²) in [7, 11) is 1.60. The van der Waals surface area contributed by atoms with Crippen molar-refractivity contribution in [3.8, 4) is 11.5 Å². The summed E-state index contributed by atoms with van der Waals surface area (Å²) in [6.45, 7) is 0.719. The predicted molar refractivity (Wildman–Crippen MR) is 96.5 cm³/mol. The average Bonchev–Trinajstić information content (AvgIpc) is 2.63. The number of benzene rings is 2. The van der Waals surface area contributed by atoms with Gasteiger partial charge >= 0.3 is 0 Å². The second kappa shape index (κ2) is 9.69. The zero-order chi connectivity index (χ0) is 18.1. The molecule has 0 atom stereocenters. The number of ether oxygens (including phenoxy) is 2. The van der Waals surface area contributed by atoms with Crippen LogP contribution in [0.25, 0.3) is 0 Å². The topological polar surface area (TPSA) is 64.6 Å². The van der Waals surface area contributed by atoms with Crippen LogP contribution in [0, 0.1) is 0 Å². The molecule has 132 valence electrons. The van der Waals surface area contributed by atoms with E-state index in [-0.39, 0.29) is 24.5 Å². The SMILES string of the molecule is COc1ccc(OCCNC(=O)CCC(=O)c2cccc(Cl)c2)cc1. The van der Waals surface area contributed by atoms with Crippen molar-refractivity contribution in [3.63, 3.8) is 0 Å². The van der Waals surface area contributed by atoms with Crippen LogP contribution in [0.5, 0.6) is 11.5 Å². The molecule has 0 aliphatic carbocycles. The lowest BCUT2D eigenvalue weighted by molar-refractivity contribution is -0.121. The van der Waals surface area contributed by atoms with Crippen LogP contribution in [-0.2, 0) is 4.79 Å². The molecule has 1 N–H and O–H groups in total. The molecule has 2 rings (SSSR count). The Labute approximate surface area is 151 Å². The quantitative estimate of drug-likeness (QED) is 0.548. The van der Waals surface area contributed by atoms with Crippen molar-refractivity contribution >= 4 is 23.3 Å². The number of methoxy groups -OCH3 is 1. The Morgan fingerprint density at radius 3 is 2.44 bits per heavy atom. The van der Waals surface area contributed by atoms with E-state index < -0.39 is 0 Å². The van der Waals surface area contributed by atoms with Crippen molar-refractivity contribution in [2.75, 3.05) is 20.3 Å². The smallest absolute Gasteiger partial charge is 0.220 e. The highest BCUT2D eigenvalue weighted by Gasteiger charge is 2.09. The number of rotatable bonds is 9. The number of hydrogen-bond acceptors (Lipinski definition) is 4. The van der Waals surface area contributed by atoms with Crippen molar-refractivity contribution in [1.82, 2.24) is 5.32 Å². The third kappa shape index (κ3) is 6.47. The van der Waals surface area contributed by atoms with Gasteiger partial charge in [-0.3, -0.25) is 9.59 Å². The Morgan fingerprint density at radius 1 is 1.04 bits per heavy atom. The molecule has 2 aromatic carbocycles. The molecule has 0 heterocycles. The van der Waals surface area contributed by atoms with Crippen LogP contribution in [-0.4, -0.2) is 32.0 Å². The Morgan fingerprint density at radius 2 is 1.76 bits per heavy atom. The molecule has 0 saturated carbocycles. The molecule has 0 aliphatic heterocycles. The largest absolute Gasteiger partial charge is 0.497 e. The number of halogens is 1. The van der Waals surface area contributed by atoms with Crippen molar-refractivity contribution in [2.45, 2.75) is 12.8 Å². The van der Waals surface area contributed by atoms with Gasteiger partial charge in [0.05, 0.1) is 13.7 Å². The normalized spacial score (nSPS) is 10.2. The lowest BCUT2D eigenvalue weighted by Gasteiger charge is -2.08. The van der Waals surface area contributed by atoms with Gasteiger partial charge in [0.25, 0.3) is 0 Å². The highest BCUT2D eigenvalue weighted by molar-refractivity contribution is 6.31. The minimum absolute atomic E-state index is 0.105. The lowest BCUT2D eigenvalue weighted by Crippen LogP contribution is -2.28. The maximum absolute atomic E-state index is 12.0. The molecule has 0 saturated heterocycles. The van der Waals surface area contributed by atoms with Gasteiger partial charge in [0.1, 0.15) is 18.1 Å². The van der Waals surface area contributed by atoms with Crippen LogP contribution >= 0.6 is 11.6 Å². The molecule has 5 nitrogen and oxygen atoms in total. The molecule has 2 aromatic rings. The van der Waals surface area contributed by atoms with E-state index in [9.17, 15) is 9.59 Å². The van der Waals surface area contributed by atoms with Gasteiger partial charge in [-0.2, -0.15) is 0 Å². The number of amides is 1. The summed E-state index contributed by atoms with van der Waals surface area (Å²) in [4.78, 5) is 23.8. The summed E-state index contributed by atoms with van der Waals surface area (Å²) in [5, 5.41) is 3.23. The maximum atomic E-state index is 12.0. The number of carbonyl (C=O) groups is 2. The highest BCUT2D eigenvalue weighted by Crippen LogP contribution is 2.16. The zero-order valence-corrected chi connectivity index (χ0v) is 14.7. The third-order valence-corrected chi connectivity index (χ3v) is 3.71. The molecular weight excluding hydrogens is 342 g/mol. The average molecular weight is 362 g/mol. The number of carbonyl (C=O) groups excluding carboxylic acids is 2. The van der Waals surface area contributed by atoms with E-state index in [1.807, 2.05) is 0 Å². The summed E-state index contributed by atoms with van der Waals surface area (Å²) in [6, 6.07) is 13.9. The molecular formula is C19H20ClNO4. The third-order valence-electron chi connectivity index (χ3n) is 3.48. The second-order valence-corrected chi connectivity index (χ2v) is 5.74. The Bertz CT molecular complexity index is 716. The predicted octanol–water partition coefficient (Wildman–Crippen LogP) is 3.51. The zero-order valence-electron chi connectivity index (χ0n) is 14.0. The van der Waals surface area contributed by atoms with E-state index >= 15 is 0 Å². The first kappa shape index (κ1) is 18.8. The first-order valence-electron chi connectivity index (χ1n) is 7.91. The van der Waals surface area contributed by atoms with Crippen molar-refractivity contribution in [3.05, 3.63) is 59.1 Å². The molecule has 0 aliphatic rings. The van der Waals surface area contributed by atoms with Gasteiger partial charge in [0.2, 0.25) is 5.91 Å². The second-order valence-electron chi connectivity index (χ2n) is 5.31. The van der Waals surface area contributed by atoms with Crippen LogP contribution in [0.3, 0.4) is 0 Å². The maximum Gasteiger partial charge on any atom is 0.220 e. The molecule has 0 bridgehead atoms. The van der Waals surface area contributed by atoms with Gasteiger partial charge in [0.15, 0.2) is 5.78 Å². The molecule has 0 spiro atoms. The van der Waals surface area contributed by atoms with Crippen LogP contribution in [0.2, 0.25) is 5.02 Å².